The molecule has 0 radical (unpaired) electrons. The lowest BCUT2D eigenvalue weighted by Crippen LogP contribution is -2.31. The van der Waals surface area contributed by atoms with Crippen molar-refractivity contribution in [3.63, 3.8) is 0 Å². The molecule has 19 heavy (non-hydrogen) atoms. The quantitative estimate of drug-likeness (QED) is 0.849. The van der Waals surface area contributed by atoms with Crippen molar-refractivity contribution in [1.82, 2.24) is 4.98 Å². The van der Waals surface area contributed by atoms with Crippen LogP contribution in [0.25, 0.3) is 10.9 Å². The van der Waals surface area contributed by atoms with Crippen molar-refractivity contribution >= 4 is 29.3 Å². The van der Waals surface area contributed by atoms with Gasteiger partial charge in [-0.25, -0.2) is 9.18 Å². The number of benzene rings is 1. The molecule has 104 valence electrons. The molecule has 0 saturated heterocycles. The Bertz CT molecular complexity index is 558. The van der Waals surface area contributed by atoms with Gasteiger partial charge in [0.25, 0.3) is 0 Å². The number of nitrogens with one attached hydrogen (secondary N) is 1. The van der Waals surface area contributed by atoms with Crippen molar-refractivity contribution in [2.75, 3.05) is 6.61 Å². The Morgan fingerprint density at radius 2 is 2.21 bits per heavy atom. The fourth-order valence-corrected chi connectivity index (χ4v) is 1.93. The number of ether oxygens (including phenoxy) is 1. The molecule has 0 aliphatic heterocycles. The molecule has 0 saturated carbocycles. The van der Waals surface area contributed by atoms with E-state index in [2.05, 4.69) is 9.72 Å². The molecule has 2 rings (SSSR count). The zero-order valence-electron chi connectivity index (χ0n) is 10.4. The van der Waals surface area contributed by atoms with Crippen LogP contribution in [0.15, 0.2) is 30.5 Å². The third-order valence-corrected chi connectivity index (χ3v) is 2.81. The third kappa shape index (κ3) is 3.05. The van der Waals surface area contributed by atoms with Crippen LogP contribution in [0.5, 0.6) is 0 Å². The molecule has 2 aromatic rings. The Balaban J connectivity index is 0.00000180. The van der Waals surface area contributed by atoms with Gasteiger partial charge in [0.2, 0.25) is 6.17 Å². The molecule has 4 nitrogen and oxygen atoms in total. The van der Waals surface area contributed by atoms with Gasteiger partial charge in [0, 0.05) is 17.1 Å². The summed E-state index contributed by atoms with van der Waals surface area (Å²) in [7, 11) is 0. The number of hydrogen-bond acceptors (Lipinski definition) is 3. The second kappa shape index (κ2) is 6.54. The van der Waals surface area contributed by atoms with E-state index in [0.717, 1.165) is 10.9 Å². The van der Waals surface area contributed by atoms with Gasteiger partial charge < -0.3 is 15.5 Å². The summed E-state index contributed by atoms with van der Waals surface area (Å²) in [6.45, 7) is 1.77. The van der Waals surface area contributed by atoms with Crippen molar-refractivity contribution in [3.8, 4) is 0 Å². The molecule has 0 bridgehead atoms. The average molecular weight is 287 g/mol. The van der Waals surface area contributed by atoms with Crippen molar-refractivity contribution < 1.29 is 13.9 Å². The molecule has 1 aromatic heterocycles. The summed E-state index contributed by atoms with van der Waals surface area (Å²) in [5.41, 5.74) is 7.26. The number of halogens is 2. The van der Waals surface area contributed by atoms with Crippen LogP contribution in [0.1, 0.15) is 18.5 Å². The van der Waals surface area contributed by atoms with Crippen LogP contribution in [0.3, 0.4) is 0 Å². The van der Waals surface area contributed by atoms with Gasteiger partial charge in [0.1, 0.15) is 0 Å². The fraction of sp³-hybridized carbons (Fsp3) is 0.308. The van der Waals surface area contributed by atoms with E-state index in [1.807, 2.05) is 12.1 Å². The van der Waals surface area contributed by atoms with Crippen LogP contribution in [0, 0.1) is 0 Å². The smallest absolute Gasteiger partial charge is 0.342 e. The number of nitrogens with two attached hydrogens (primary N) is 1. The molecule has 1 aromatic carbocycles. The van der Waals surface area contributed by atoms with Gasteiger partial charge >= 0.3 is 5.97 Å². The maximum Gasteiger partial charge on any atom is 0.342 e. The van der Waals surface area contributed by atoms with Crippen LogP contribution in [0.2, 0.25) is 0 Å². The number of aromatic nitrogens is 1. The summed E-state index contributed by atoms with van der Waals surface area (Å²) in [6.07, 6.45) is -0.108. The third-order valence-electron chi connectivity index (χ3n) is 2.81. The van der Waals surface area contributed by atoms with E-state index in [1.165, 1.54) is 0 Å². The SMILES string of the molecule is CCOC(=O)C(F)[C@@H](N)c1cccc2[nH]ccc12.Cl. The minimum absolute atomic E-state index is 0. The average Bonchev–Trinajstić information content (AvgIpc) is 2.85. The van der Waals surface area contributed by atoms with Gasteiger partial charge in [-0.1, -0.05) is 12.1 Å². The number of fused-ring (bicyclic) bond motifs is 1. The van der Waals surface area contributed by atoms with Gasteiger partial charge in [0.05, 0.1) is 12.6 Å². The highest BCUT2D eigenvalue weighted by molar-refractivity contribution is 5.85. The summed E-state index contributed by atoms with van der Waals surface area (Å²) >= 11 is 0. The van der Waals surface area contributed by atoms with Crippen molar-refractivity contribution in [2.45, 2.75) is 19.1 Å². The fourth-order valence-electron chi connectivity index (χ4n) is 1.93. The molecule has 1 unspecified atom stereocenters. The number of carbonyl (C=O) groups excluding carboxylic acids is 1. The Morgan fingerprint density at radius 3 is 2.89 bits per heavy atom. The van der Waals surface area contributed by atoms with E-state index in [4.69, 9.17) is 5.73 Å². The summed E-state index contributed by atoms with van der Waals surface area (Å²) in [6, 6.07) is 6.13. The van der Waals surface area contributed by atoms with Crippen LogP contribution in [-0.2, 0) is 9.53 Å². The monoisotopic (exact) mass is 286 g/mol. The summed E-state index contributed by atoms with van der Waals surface area (Å²) < 4.78 is 18.5. The maximum absolute atomic E-state index is 13.9. The molecule has 3 N–H and O–H groups in total. The molecule has 0 aliphatic carbocycles. The highest BCUT2D eigenvalue weighted by Gasteiger charge is 2.28. The molecule has 0 aliphatic rings. The zero-order chi connectivity index (χ0) is 13.1. The normalized spacial score (nSPS) is 13.6. The minimum Gasteiger partial charge on any atom is -0.464 e. The van der Waals surface area contributed by atoms with Gasteiger partial charge in [-0.2, -0.15) is 0 Å². The lowest BCUT2D eigenvalue weighted by atomic mass is 9.99. The zero-order valence-corrected chi connectivity index (χ0v) is 11.2. The highest BCUT2D eigenvalue weighted by atomic mass is 35.5. The second-order valence-corrected chi connectivity index (χ2v) is 3.97. The predicted molar refractivity (Wildman–Crippen MR) is 74.0 cm³/mol. The van der Waals surface area contributed by atoms with Crippen LogP contribution < -0.4 is 5.73 Å². The molecular weight excluding hydrogens is 271 g/mol. The number of aromatic amines is 1. The lowest BCUT2D eigenvalue weighted by Gasteiger charge is -2.16. The number of hydrogen-bond donors (Lipinski definition) is 2. The first-order chi connectivity index (χ1) is 8.65. The molecular formula is C13H16ClFN2O2. The number of carbonyl (C=O) groups is 1. The van der Waals surface area contributed by atoms with E-state index in [-0.39, 0.29) is 19.0 Å². The van der Waals surface area contributed by atoms with Gasteiger partial charge in [-0.3, -0.25) is 0 Å². The summed E-state index contributed by atoms with van der Waals surface area (Å²) in [5.74, 6) is -0.919. The van der Waals surface area contributed by atoms with E-state index in [1.54, 1.807) is 25.3 Å². The van der Waals surface area contributed by atoms with Crippen LogP contribution in [-0.4, -0.2) is 23.7 Å². The highest BCUT2D eigenvalue weighted by Crippen LogP contribution is 2.26. The number of H-pyrrole nitrogens is 1. The molecule has 0 spiro atoms. The Labute approximate surface area is 116 Å². The van der Waals surface area contributed by atoms with Crippen molar-refractivity contribution in [2.24, 2.45) is 5.73 Å². The first kappa shape index (κ1) is 15.5. The first-order valence-electron chi connectivity index (χ1n) is 5.77. The molecule has 0 fully saturated rings. The maximum atomic E-state index is 13.9. The predicted octanol–water partition coefficient (Wildman–Crippen LogP) is 2.49. The largest absolute Gasteiger partial charge is 0.464 e. The topological polar surface area (TPSA) is 68.1 Å². The number of alkyl halides is 1. The second-order valence-electron chi connectivity index (χ2n) is 3.97. The Hall–Kier alpha value is -1.59. The Morgan fingerprint density at radius 1 is 1.47 bits per heavy atom. The van der Waals surface area contributed by atoms with Crippen molar-refractivity contribution in [1.29, 1.82) is 0 Å². The van der Waals surface area contributed by atoms with E-state index in [9.17, 15) is 9.18 Å². The number of rotatable bonds is 4. The van der Waals surface area contributed by atoms with Crippen LogP contribution >= 0.6 is 12.4 Å². The van der Waals surface area contributed by atoms with E-state index < -0.39 is 18.2 Å². The summed E-state index contributed by atoms with van der Waals surface area (Å²) in [4.78, 5) is 14.4. The first-order valence-corrected chi connectivity index (χ1v) is 5.77. The van der Waals surface area contributed by atoms with E-state index in [0.29, 0.717) is 5.56 Å². The lowest BCUT2D eigenvalue weighted by molar-refractivity contribution is -0.149. The molecule has 2 atom stereocenters. The summed E-state index contributed by atoms with van der Waals surface area (Å²) in [5, 5.41) is 0.817. The van der Waals surface area contributed by atoms with E-state index >= 15 is 0 Å². The van der Waals surface area contributed by atoms with Gasteiger partial charge in [-0.05, 0) is 24.6 Å². The Kier molecular flexibility index (Phi) is 5.32. The van der Waals surface area contributed by atoms with Gasteiger partial charge in [-0.15, -0.1) is 12.4 Å². The van der Waals surface area contributed by atoms with Crippen molar-refractivity contribution in [3.05, 3.63) is 36.0 Å². The minimum atomic E-state index is -1.86. The molecule has 1 heterocycles. The van der Waals surface area contributed by atoms with Crippen LogP contribution in [0.4, 0.5) is 4.39 Å². The molecule has 6 heteroatoms. The standard InChI is InChI=1S/C13H15FN2O2.ClH/c1-2-18-13(17)11(14)12(15)9-4-3-5-10-8(9)6-7-16-10;/h3-7,11-12,16H,2,15H2,1H3;1H/t11?,12-;/m0./s1. The molecule has 0 amide bonds. The van der Waals surface area contributed by atoms with Gasteiger partial charge in [0.15, 0.2) is 0 Å². The number of esters is 1.